The first-order valence-electron chi connectivity index (χ1n) is 29.9. The van der Waals surface area contributed by atoms with Gasteiger partial charge in [-0.2, -0.15) is 0 Å². The number of benzene rings is 8. The van der Waals surface area contributed by atoms with Crippen LogP contribution in [0.4, 0.5) is 34.1 Å². The van der Waals surface area contributed by atoms with Crippen molar-refractivity contribution in [1.82, 2.24) is 0 Å². The van der Waals surface area contributed by atoms with Gasteiger partial charge in [0.05, 0.1) is 11.4 Å². The Balaban J connectivity index is 1.35. The molecule has 0 saturated heterocycles. The topological polar surface area (TPSA) is 6.48 Å². The average molecular weight is 1130 g/mol. The Kier molecular flexibility index (Phi) is 13.2. The minimum Gasteiger partial charge on any atom is -0.310 e. The van der Waals surface area contributed by atoms with E-state index in [1.807, 2.05) is 0 Å². The highest BCUT2D eigenvalue weighted by Gasteiger charge is 2.51. The normalized spacial score (nSPS) is 14.1. The van der Waals surface area contributed by atoms with Gasteiger partial charge in [0.2, 0.25) is 0 Å². The molecule has 82 heavy (non-hydrogen) atoms. The van der Waals surface area contributed by atoms with Crippen molar-refractivity contribution in [3.05, 3.63) is 209 Å². The second-order valence-corrected chi connectivity index (χ2v) is 35.8. The van der Waals surface area contributed by atoms with Gasteiger partial charge < -0.3 is 9.80 Å². The van der Waals surface area contributed by atoms with Gasteiger partial charge in [0.1, 0.15) is 0 Å². The molecular formula is C76H83BN2S2Si. The van der Waals surface area contributed by atoms with E-state index in [0.29, 0.717) is 0 Å². The third-order valence-corrected chi connectivity index (χ3v) is 25.2. The van der Waals surface area contributed by atoms with Crippen LogP contribution in [0.1, 0.15) is 158 Å². The summed E-state index contributed by atoms with van der Waals surface area (Å²) in [6, 6.07) is 69.7. The van der Waals surface area contributed by atoms with Crippen LogP contribution in [0.15, 0.2) is 176 Å². The molecule has 0 N–H and O–H groups in total. The van der Waals surface area contributed by atoms with E-state index in [1.165, 1.54) is 123 Å². The lowest BCUT2D eigenvalue weighted by molar-refractivity contribution is 0.573. The van der Waals surface area contributed by atoms with Crippen LogP contribution in [-0.2, 0) is 32.5 Å². The maximum atomic E-state index is 2.75. The molecule has 2 aliphatic heterocycles. The monoisotopic (exact) mass is 1130 g/mol. The number of fused-ring (bicyclic) bond motifs is 8. The number of thiophene rings is 2. The average Bonchev–Trinajstić information content (AvgIpc) is 3.87. The van der Waals surface area contributed by atoms with Crippen molar-refractivity contribution in [1.29, 1.82) is 0 Å². The van der Waals surface area contributed by atoms with Gasteiger partial charge in [-0.1, -0.05) is 252 Å². The Morgan fingerprint density at radius 1 is 0.329 bits per heavy atom. The highest BCUT2D eigenvalue weighted by molar-refractivity contribution is 7.41. The summed E-state index contributed by atoms with van der Waals surface area (Å²) in [7, 11) is -3.18. The van der Waals surface area contributed by atoms with Crippen LogP contribution < -0.4 is 45.6 Å². The van der Waals surface area contributed by atoms with E-state index in [0.717, 1.165) is 0 Å². The molecule has 0 aliphatic carbocycles. The molecule has 0 spiro atoms. The molecule has 2 aliphatic rings. The van der Waals surface area contributed by atoms with Crippen molar-refractivity contribution in [3.63, 3.8) is 0 Å². The van der Waals surface area contributed by atoms with Crippen LogP contribution in [0.2, 0.25) is 0 Å². The first-order chi connectivity index (χ1) is 38.5. The molecule has 0 saturated carbocycles. The molecular weight excluding hydrogens is 1040 g/mol. The van der Waals surface area contributed by atoms with Gasteiger partial charge in [-0.3, -0.25) is 0 Å². The van der Waals surface area contributed by atoms with E-state index in [1.54, 1.807) is 0 Å². The van der Waals surface area contributed by atoms with E-state index in [4.69, 9.17) is 0 Å². The molecule has 2 nitrogen and oxygen atoms in total. The molecule has 10 aromatic rings. The zero-order valence-electron chi connectivity index (χ0n) is 52.0. The summed E-state index contributed by atoms with van der Waals surface area (Å²) in [4.78, 5) is 5.49. The Morgan fingerprint density at radius 2 is 0.646 bits per heavy atom. The van der Waals surface area contributed by atoms with Gasteiger partial charge in [0.15, 0.2) is 8.07 Å². The predicted octanol–water partition coefficient (Wildman–Crippen LogP) is 17.4. The molecule has 0 unspecified atom stereocenters. The van der Waals surface area contributed by atoms with Crippen molar-refractivity contribution in [2.24, 2.45) is 0 Å². The lowest BCUT2D eigenvalue weighted by atomic mass is 9.39. The van der Waals surface area contributed by atoms with Crippen LogP contribution in [-0.4, -0.2) is 14.8 Å². The standard InChI is InChI=1S/C76H83BN2S2Si/c1-71(2,3)48-34-38-52(39-35-48)78-62-46-57(82(54-28-22-19-23-29-54,55-30-24-20-25-31-55)56-32-26-21-27-33-56)47-63-64(62)77(69-65(78)58-42-50(73(7,8)9)44-60(67(58)80-69)75(13,14)15)70-66(79(63)53-40-36-49(37-41-53)72(4,5)6)59-43-51(74(10,11)12)45-61(68(59)81-70)76(16,17)18/h19-47H,1-18H3. The molecule has 0 amide bonds. The maximum absolute atomic E-state index is 3.18. The first-order valence-corrected chi connectivity index (χ1v) is 33.5. The highest BCUT2D eigenvalue weighted by atomic mass is 32.1. The molecule has 0 atom stereocenters. The third-order valence-electron chi connectivity index (χ3n) is 17.8. The largest absolute Gasteiger partial charge is 0.310 e. The number of hydrogen-bond donors (Lipinski definition) is 0. The lowest BCUT2D eigenvalue weighted by Gasteiger charge is -2.44. The van der Waals surface area contributed by atoms with Gasteiger partial charge in [0.25, 0.3) is 6.71 Å². The van der Waals surface area contributed by atoms with E-state index in [-0.39, 0.29) is 39.2 Å². The van der Waals surface area contributed by atoms with E-state index >= 15 is 0 Å². The van der Waals surface area contributed by atoms with E-state index < -0.39 is 8.07 Å². The van der Waals surface area contributed by atoms with Crippen LogP contribution in [0.5, 0.6) is 0 Å². The molecule has 8 aromatic carbocycles. The van der Waals surface area contributed by atoms with Crippen LogP contribution in [0.3, 0.4) is 0 Å². The molecule has 416 valence electrons. The van der Waals surface area contributed by atoms with Gasteiger partial charge in [-0.25, -0.2) is 0 Å². The van der Waals surface area contributed by atoms with Crippen LogP contribution in [0, 0.1) is 0 Å². The Labute approximate surface area is 500 Å². The fourth-order valence-electron chi connectivity index (χ4n) is 13.2. The molecule has 12 rings (SSSR count). The summed E-state index contributed by atoms with van der Waals surface area (Å²) in [5, 5.41) is 8.15. The van der Waals surface area contributed by atoms with Crippen molar-refractivity contribution < 1.29 is 0 Å². The second-order valence-electron chi connectivity index (χ2n) is 29.9. The number of nitrogens with zero attached hydrogens (tertiary/aromatic N) is 2. The fourth-order valence-corrected chi connectivity index (χ4v) is 21.3. The summed E-state index contributed by atoms with van der Waals surface area (Å²) in [5.74, 6) is 0. The maximum Gasteiger partial charge on any atom is 0.277 e. The molecule has 0 fully saturated rings. The minimum atomic E-state index is -3.18. The van der Waals surface area contributed by atoms with Gasteiger partial charge in [-0.05, 0) is 141 Å². The SMILES string of the molecule is CC(C)(C)c1ccc(N2c3cc([Si](c4ccccc4)(c4ccccc4)c4ccccc4)cc4c3B(c3sc5c(C(C)(C)C)cc(C(C)(C)C)cc5c32)c2sc3c(C(C)(C)C)cc(C(C)(C)C)cc3c2N4c2ccc(C(C)(C)C)cc2)cc1. The Hall–Kier alpha value is -6.44. The molecule has 0 radical (unpaired) electrons. The van der Waals surface area contributed by atoms with E-state index in [2.05, 4.69) is 333 Å². The van der Waals surface area contributed by atoms with Crippen molar-refractivity contribution in [2.75, 3.05) is 9.80 Å². The van der Waals surface area contributed by atoms with Gasteiger partial charge in [-0.15, -0.1) is 22.7 Å². The summed E-state index contributed by atoms with van der Waals surface area (Å²) >= 11 is 4.13. The predicted molar refractivity (Wildman–Crippen MR) is 367 cm³/mol. The molecule has 2 aromatic heterocycles. The highest BCUT2D eigenvalue weighted by Crippen LogP contribution is 2.53. The third kappa shape index (κ3) is 9.17. The Bertz CT molecular complexity index is 3770. The van der Waals surface area contributed by atoms with Gasteiger partial charge >= 0.3 is 0 Å². The summed E-state index contributed by atoms with van der Waals surface area (Å²) < 4.78 is 5.64. The number of rotatable bonds is 6. The smallest absolute Gasteiger partial charge is 0.277 e. The number of anilines is 6. The first kappa shape index (κ1) is 56.1. The lowest BCUT2D eigenvalue weighted by Crippen LogP contribution is -2.75. The summed E-state index contributed by atoms with van der Waals surface area (Å²) in [6.45, 7) is 42.8. The van der Waals surface area contributed by atoms with Gasteiger partial charge in [0, 0.05) is 52.5 Å². The second kappa shape index (κ2) is 19.3. The summed E-state index contributed by atoms with van der Waals surface area (Å²) in [6.07, 6.45) is 0. The van der Waals surface area contributed by atoms with Crippen molar-refractivity contribution in [3.8, 4) is 0 Å². The zero-order chi connectivity index (χ0) is 58.4. The minimum absolute atomic E-state index is 0.0142. The van der Waals surface area contributed by atoms with Crippen molar-refractivity contribution >= 4 is 128 Å². The molecule has 0 bridgehead atoms. The number of hydrogen-bond acceptors (Lipinski definition) is 4. The van der Waals surface area contributed by atoms with Crippen LogP contribution >= 0.6 is 22.7 Å². The molecule has 4 heterocycles. The Morgan fingerprint density at radius 3 is 0.939 bits per heavy atom. The van der Waals surface area contributed by atoms with E-state index in [9.17, 15) is 0 Å². The zero-order valence-corrected chi connectivity index (χ0v) is 54.7. The van der Waals surface area contributed by atoms with Crippen LogP contribution in [0.25, 0.3) is 20.2 Å². The molecule has 6 heteroatoms. The summed E-state index contributed by atoms with van der Waals surface area (Å²) in [5.41, 5.74) is 16.7. The fraction of sp³-hybridized carbons (Fsp3) is 0.316. The quantitative estimate of drug-likeness (QED) is 0.121. The van der Waals surface area contributed by atoms with Crippen molar-refractivity contribution in [2.45, 2.75) is 157 Å².